The molecule has 6 nitrogen and oxygen atoms in total. The van der Waals surface area contributed by atoms with Crippen LogP contribution >= 0.6 is 0 Å². The average molecular weight is 390 g/mol. The van der Waals surface area contributed by atoms with Gasteiger partial charge in [0, 0.05) is 24.5 Å². The molecule has 3 rings (SSSR count). The quantitative estimate of drug-likeness (QED) is 0.627. The molecule has 0 saturated carbocycles. The van der Waals surface area contributed by atoms with Crippen LogP contribution in [0.5, 0.6) is 5.75 Å². The molecule has 3 aromatic rings. The van der Waals surface area contributed by atoms with Crippen LogP contribution in [0.3, 0.4) is 0 Å². The Labute approximate surface area is 171 Å². The third kappa shape index (κ3) is 5.31. The number of benzene rings is 2. The summed E-state index contributed by atoms with van der Waals surface area (Å²) >= 11 is 0. The summed E-state index contributed by atoms with van der Waals surface area (Å²) in [4.78, 5) is 23.6. The number of para-hydroxylation sites is 1. The van der Waals surface area contributed by atoms with Crippen LogP contribution in [-0.2, 0) is 6.42 Å². The van der Waals surface area contributed by atoms with E-state index in [1.54, 1.807) is 18.1 Å². The normalized spacial score (nSPS) is 10.4. The molecule has 1 heterocycles. The van der Waals surface area contributed by atoms with Crippen LogP contribution in [0, 0.1) is 6.92 Å². The lowest BCUT2D eigenvalue weighted by atomic mass is 10.1. The highest BCUT2D eigenvalue weighted by Gasteiger charge is 2.18. The minimum absolute atomic E-state index is 0.137. The molecule has 0 bridgehead atoms. The third-order valence-corrected chi connectivity index (χ3v) is 4.56. The van der Waals surface area contributed by atoms with Gasteiger partial charge in [-0.05, 0) is 56.2 Å². The molecule has 0 aliphatic heterocycles. The van der Waals surface area contributed by atoms with Crippen molar-refractivity contribution in [2.75, 3.05) is 30.4 Å². The van der Waals surface area contributed by atoms with Gasteiger partial charge in [-0.25, -0.2) is 9.97 Å². The van der Waals surface area contributed by atoms with Crippen molar-refractivity contribution in [3.8, 4) is 5.75 Å². The number of rotatable bonds is 8. The van der Waals surface area contributed by atoms with Gasteiger partial charge in [0.25, 0.3) is 5.91 Å². The molecule has 0 spiro atoms. The zero-order valence-electron chi connectivity index (χ0n) is 17.1. The number of amides is 1. The Kier molecular flexibility index (Phi) is 6.79. The van der Waals surface area contributed by atoms with Crippen LogP contribution in [-0.4, -0.2) is 36.1 Å². The first-order valence-electron chi connectivity index (χ1n) is 9.70. The van der Waals surface area contributed by atoms with E-state index in [0.717, 1.165) is 23.6 Å². The topological polar surface area (TPSA) is 67.4 Å². The van der Waals surface area contributed by atoms with Crippen LogP contribution in [0.25, 0.3) is 0 Å². The fraction of sp³-hybridized carbons (Fsp3) is 0.261. The van der Waals surface area contributed by atoms with Gasteiger partial charge >= 0.3 is 0 Å². The highest BCUT2D eigenvalue weighted by Crippen LogP contribution is 2.17. The number of ether oxygens (including phenoxy) is 1. The summed E-state index contributed by atoms with van der Waals surface area (Å²) < 4.78 is 5.18. The Hall–Kier alpha value is -3.41. The highest BCUT2D eigenvalue weighted by atomic mass is 16.5. The van der Waals surface area contributed by atoms with Crippen molar-refractivity contribution in [3.63, 3.8) is 0 Å². The predicted molar refractivity (Wildman–Crippen MR) is 116 cm³/mol. The Bertz CT molecular complexity index is 943. The van der Waals surface area contributed by atoms with Crippen LogP contribution in [0.2, 0.25) is 0 Å². The zero-order valence-corrected chi connectivity index (χ0v) is 17.1. The highest BCUT2D eigenvalue weighted by molar-refractivity contribution is 6.04. The van der Waals surface area contributed by atoms with E-state index in [1.165, 1.54) is 5.56 Å². The molecule has 1 N–H and O–H groups in total. The number of hydrogen-bond donors (Lipinski definition) is 1. The Morgan fingerprint density at radius 3 is 2.45 bits per heavy atom. The summed E-state index contributed by atoms with van der Waals surface area (Å²) in [6.45, 7) is 5.05. The van der Waals surface area contributed by atoms with E-state index in [4.69, 9.17) is 4.74 Å². The van der Waals surface area contributed by atoms with Gasteiger partial charge < -0.3 is 15.0 Å². The van der Waals surface area contributed by atoms with Crippen LogP contribution in [0.4, 0.5) is 11.6 Å². The van der Waals surface area contributed by atoms with Gasteiger partial charge in [0.2, 0.25) is 5.95 Å². The molecule has 0 fully saturated rings. The molecule has 150 valence electrons. The SMILES string of the molecule is CCN(C(=O)c1cc(C)nc(NCCc2ccc(OC)cc2)n1)c1ccccc1. The number of nitrogens with one attached hydrogen (secondary N) is 1. The number of anilines is 2. The maximum absolute atomic E-state index is 13.0. The Morgan fingerprint density at radius 2 is 1.79 bits per heavy atom. The first-order chi connectivity index (χ1) is 14.1. The lowest BCUT2D eigenvalue weighted by molar-refractivity contribution is 0.0983. The Morgan fingerprint density at radius 1 is 1.07 bits per heavy atom. The van der Waals surface area contributed by atoms with E-state index in [9.17, 15) is 4.79 Å². The number of carbonyl (C=O) groups is 1. The van der Waals surface area contributed by atoms with Gasteiger partial charge in [0.05, 0.1) is 7.11 Å². The number of nitrogens with zero attached hydrogens (tertiary/aromatic N) is 3. The largest absolute Gasteiger partial charge is 0.497 e. The van der Waals surface area contributed by atoms with Crippen molar-refractivity contribution in [1.29, 1.82) is 0 Å². The predicted octanol–water partition coefficient (Wildman–Crippen LogP) is 4.11. The summed E-state index contributed by atoms with van der Waals surface area (Å²) in [6, 6.07) is 19.3. The summed E-state index contributed by atoms with van der Waals surface area (Å²) in [5.41, 5.74) is 3.17. The molecule has 1 aromatic heterocycles. The molecule has 1 amide bonds. The fourth-order valence-electron chi connectivity index (χ4n) is 3.06. The summed E-state index contributed by atoms with van der Waals surface area (Å²) in [5.74, 6) is 1.17. The monoisotopic (exact) mass is 390 g/mol. The average Bonchev–Trinajstić information content (AvgIpc) is 2.75. The minimum atomic E-state index is -0.137. The first-order valence-corrected chi connectivity index (χ1v) is 9.70. The molecular weight excluding hydrogens is 364 g/mol. The second-order valence-corrected chi connectivity index (χ2v) is 6.63. The standard InChI is InChI=1S/C23H26N4O2/c1-4-27(19-8-6-5-7-9-19)22(28)21-16-17(2)25-23(26-21)24-15-14-18-10-12-20(29-3)13-11-18/h5-13,16H,4,14-15H2,1-3H3,(H,24,25,26). The second kappa shape index (κ2) is 9.68. The van der Waals surface area contributed by atoms with Crippen LogP contribution < -0.4 is 15.0 Å². The second-order valence-electron chi connectivity index (χ2n) is 6.63. The molecule has 0 atom stereocenters. The Balaban J connectivity index is 1.69. The summed E-state index contributed by atoms with van der Waals surface area (Å²) in [6.07, 6.45) is 0.815. The van der Waals surface area contributed by atoms with Crippen LogP contribution in [0.15, 0.2) is 60.7 Å². The zero-order chi connectivity index (χ0) is 20.6. The van der Waals surface area contributed by atoms with Crippen molar-refractivity contribution >= 4 is 17.5 Å². The van der Waals surface area contributed by atoms with E-state index in [-0.39, 0.29) is 5.91 Å². The maximum atomic E-state index is 13.0. The maximum Gasteiger partial charge on any atom is 0.277 e. The number of hydrogen-bond acceptors (Lipinski definition) is 5. The van der Waals surface area contributed by atoms with Crippen molar-refractivity contribution in [3.05, 3.63) is 77.6 Å². The van der Waals surface area contributed by atoms with Crippen molar-refractivity contribution in [1.82, 2.24) is 9.97 Å². The van der Waals surface area contributed by atoms with Gasteiger partial charge in [0.15, 0.2) is 0 Å². The third-order valence-electron chi connectivity index (χ3n) is 4.56. The minimum Gasteiger partial charge on any atom is -0.497 e. The van der Waals surface area contributed by atoms with E-state index >= 15 is 0 Å². The molecule has 0 saturated heterocycles. The van der Waals surface area contributed by atoms with Crippen LogP contribution in [0.1, 0.15) is 28.7 Å². The lowest BCUT2D eigenvalue weighted by Crippen LogP contribution is -2.31. The molecule has 29 heavy (non-hydrogen) atoms. The lowest BCUT2D eigenvalue weighted by Gasteiger charge is -2.21. The number of carbonyl (C=O) groups excluding carboxylic acids is 1. The van der Waals surface area contributed by atoms with E-state index in [1.807, 2.05) is 68.4 Å². The first kappa shape index (κ1) is 20.3. The van der Waals surface area contributed by atoms with Crippen molar-refractivity contribution in [2.45, 2.75) is 20.3 Å². The molecular formula is C23H26N4O2. The van der Waals surface area contributed by atoms with Crippen molar-refractivity contribution in [2.24, 2.45) is 0 Å². The molecule has 0 radical (unpaired) electrons. The smallest absolute Gasteiger partial charge is 0.277 e. The summed E-state index contributed by atoms with van der Waals surface area (Å²) in [5, 5.41) is 3.23. The molecule has 0 aliphatic carbocycles. The number of methoxy groups -OCH3 is 1. The van der Waals surface area contributed by atoms with E-state index in [0.29, 0.717) is 24.7 Å². The number of aryl methyl sites for hydroxylation is 1. The van der Waals surface area contributed by atoms with E-state index in [2.05, 4.69) is 15.3 Å². The van der Waals surface area contributed by atoms with Crippen molar-refractivity contribution < 1.29 is 9.53 Å². The van der Waals surface area contributed by atoms with Gasteiger partial charge in [-0.3, -0.25) is 4.79 Å². The molecule has 0 aliphatic rings. The molecule has 2 aromatic carbocycles. The molecule has 6 heteroatoms. The number of aromatic nitrogens is 2. The fourth-order valence-corrected chi connectivity index (χ4v) is 3.06. The van der Waals surface area contributed by atoms with E-state index < -0.39 is 0 Å². The van der Waals surface area contributed by atoms with Gasteiger partial charge in [-0.15, -0.1) is 0 Å². The van der Waals surface area contributed by atoms with Gasteiger partial charge in [-0.1, -0.05) is 30.3 Å². The molecule has 0 unspecified atom stereocenters. The van der Waals surface area contributed by atoms with Gasteiger partial charge in [0.1, 0.15) is 11.4 Å². The van der Waals surface area contributed by atoms with Gasteiger partial charge in [-0.2, -0.15) is 0 Å². The summed E-state index contributed by atoms with van der Waals surface area (Å²) in [7, 11) is 1.65.